The van der Waals surface area contributed by atoms with Gasteiger partial charge in [0.15, 0.2) is 0 Å². The van der Waals surface area contributed by atoms with Gasteiger partial charge in [-0.2, -0.15) is 0 Å². The number of hydrogen-bond acceptors (Lipinski definition) is 4. The first-order chi connectivity index (χ1) is 13.4. The molecule has 0 bridgehead atoms. The monoisotopic (exact) mass is 386 g/mol. The van der Waals surface area contributed by atoms with E-state index < -0.39 is 5.60 Å². The SMILES string of the molecule is CC(C)(O)CC1CCN(C(=O)c2cc3cc(O[C@H]4CCOC4)ccc3[nH]2)CC1. The standard InChI is InChI=1S/C22H30N2O4/c1-22(2,26)13-15-5-8-24(9-6-15)21(25)20-12-16-11-17(3-4-19(16)23-20)28-18-7-10-27-14-18/h3-4,11-12,15,18,23,26H,5-10,13-14H2,1-2H3/t18-/m0/s1. The smallest absolute Gasteiger partial charge is 0.270 e. The molecule has 1 aromatic heterocycles. The van der Waals surface area contributed by atoms with Gasteiger partial charge in [-0.1, -0.05) is 0 Å². The van der Waals surface area contributed by atoms with Gasteiger partial charge in [-0.15, -0.1) is 0 Å². The molecule has 3 heterocycles. The van der Waals surface area contributed by atoms with Crippen LogP contribution < -0.4 is 4.74 Å². The van der Waals surface area contributed by atoms with Crippen LogP contribution in [0.25, 0.3) is 10.9 Å². The summed E-state index contributed by atoms with van der Waals surface area (Å²) in [7, 11) is 0. The minimum atomic E-state index is -0.640. The van der Waals surface area contributed by atoms with Crippen LogP contribution in [0.2, 0.25) is 0 Å². The number of nitrogens with one attached hydrogen (secondary N) is 1. The largest absolute Gasteiger partial charge is 0.488 e. The van der Waals surface area contributed by atoms with E-state index in [1.54, 1.807) is 0 Å². The van der Waals surface area contributed by atoms with Gasteiger partial charge in [-0.05, 0) is 63.3 Å². The number of hydrogen-bond donors (Lipinski definition) is 2. The average Bonchev–Trinajstić information content (AvgIpc) is 3.29. The summed E-state index contributed by atoms with van der Waals surface area (Å²) < 4.78 is 11.3. The molecule has 4 rings (SSSR count). The maximum atomic E-state index is 12.9. The highest BCUT2D eigenvalue weighted by atomic mass is 16.5. The summed E-state index contributed by atoms with van der Waals surface area (Å²) in [6.07, 6.45) is 3.70. The molecular weight excluding hydrogens is 356 g/mol. The quantitative estimate of drug-likeness (QED) is 0.826. The summed E-state index contributed by atoms with van der Waals surface area (Å²) in [6.45, 7) is 6.58. The van der Waals surface area contributed by atoms with Crippen molar-refractivity contribution >= 4 is 16.8 Å². The molecule has 2 aromatic rings. The van der Waals surface area contributed by atoms with Crippen LogP contribution in [0, 0.1) is 5.92 Å². The van der Waals surface area contributed by atoms with Crippen molar-refractivity contribution < 1.29 is 19.4 Å². The third kappa shape index (κ3) is 4.50. The number of aromatic nitrogens is 1. The molecule has 28 heavy (non-hydrogen) atoms. The Morgan fingerprint density at radius 1 is 1.29 bits per heavy atom. The number of rotatable bonds is 5. The molecule has 1 amide bonds. The van der Waals surface area contributed by atoms with Gasteiger partial charge in [-0.3, -0.25) is 4.79 Å². The van der Waals surface area contributed by atoms with Crippen molar-refractivity contribution in [2.45, 2.75) is 51.2 Å². The number of carbonyl (C=O) groups excluding carboxylic acids is 1. The van der Waals surface area contributed by atoms with E-state index >= 15 is 0 Å². The average molecular weight is 386 g/mol. The first kappa shape index (κ1) is 19.3. The summed E-state index contributed by atoms with van der Waals surface area (Å²) in [5.41, 5.74) is 0.922. The van der Waals surface area contributed by atoms with Gasteiger partial charge in [-0.25, -0.2) is 0 Å². The van der Waals surface area contributed by atoms with Crippen molar-refractivity contribution in [3.8, 4) is 5.75 Å². The lowest BCUT2D eigenvalue weighted by molar-refractivity contribution is 0.0357. The molecule has 2 N–H and O–H groups in total. The number of carbonyl (C=O) groups is 1. The van der Waals surface area contributed by atoms with Crippen molar-refractivity contribution in [3.63, 3.8) is 0 Å². The second kappa shape index (κ2) is 7.76. The fourth-order valence-electron chi connectivity index (χ4n) is 4.31. The van der Waals surface area contributed by atoms with Crippen LogP contribution in [-0.2, 0) is 4.74 Å². The molecular formula is C22H30N2O4. The number of piperidine rings is 1. The van der Waals surface area contributed by atoms with E-state index in [0.29, 0.717) is 18.2 Å². The number of amides is 1. The summed E-state index contributed by atoms with van der Waals surface area (Å²) in [5.74, 6) is 1.34. The fourth-order valence-corrected chi connectivity index (χ4v) is 4.31. The van der Waals surface area contributed by atoms with Crippen molar-refractivity contribution in [3.05, 3.63) is 30.0 Å². The van der Waals surface area contributed by atoms with E-state index in [2.05, 4.69) is 4.98 Å². The molecule has 0 spiro atoms. The predicted octanol–water partition coefficient (Wildman–Crippen LogP) is 3.35. The number of fused-ring (bicyclic) bond motifs is 1. The molecule has 6 heteroatoms. The van der Waals surface area contributed by atoms with Gasteiger partial charge in [0.05, 0.1) is 18.8 Å². The number of H-pyrrole nitrogens is 1. The van der Waals surface area contributed by atoms with Gasteiger partial charge >= 0.3 is 0 Å². The molecule has 2 aliphatic rings. The maximum absolute atomic E-state index is 12.9. The Morgan fingerprint density at radius 2 is 2.07 bits per heavy atom. The lowest BCUT2D eigenvalue weighted by Crippen LogP contribution is -2.40. The fraction of sp³-hybridized carbons (Fsp3) is 0.591. The number of ether oxygens (including phenoxy) is 2. The van der Waals surface area contributed by atoms with E-state index in [1.165, 1.54) is 0 Å². The third-order valence-electron chi connectivity index (χ3n) is 5.70. The second-order valence-corrected chi connectivity index (χ2v) is 8.79. The maximum Gasteiger partial charge on any atom is 0.270 e. The zero-order valence-electron chi connectivity index (χ0n) is 16.7. The molecule has 2 aliphatic heterocycles. The number of likely N-dealkylation sites (tertiary alicyclic amines) is 1. The van der Waals surface area contributed by atoms with E-state index in [1.807, 2.05) is 43.0 Å². The number of nitrogens with zero attached hydrogens (tertiary/aromatic N) is 1. The Labute approximate surface area is 165 Å². The summed E-state index contributed by atoms with van der Waals surface area (Å²) in [6, 6.07) is 7.80. The lowest BCUT2D eigenvalue weighted by atomic mass is 9.86. The molecule has 2 fully saturated rings. The molecule has 6 nitrogen and oxygen atoms in total. The van der Waals surface area contributed by atoms with Gasteiger partial charge in [0.25, 0.3) is 5.91 Å². The zero-order valence-corrected chi connectivity index (χ0v) is 16.7. The van der Waals surface area contributed by atoms with E-state index in [4.69, 9.17) is 9.47 Å². The summed E-state index contributed by atoms with van der Waals surface area (Å²) >= 11 is 0. The summed E-state index contributed by atoms with van der Waals surface area (Å²) in [5, 5.41) is 11.0. The van der Waals surface area contributed by atoms with Crippen LogP contribution >= 0.6 is 0 Å². The Morgan fingerprint density at radius 3 is 2.75 bits per heavy atom. The Hall–Kier alpha value is -2.05. The van der Waals surface area contributed by atoms with Gasteiger partial charge in [0.1, 0.15) is 17.5 Å². The second-order valence-electron chi connectivity index (χ2n) is 8.79. The Kier molecular flexibility index (Phi) is 5.34. The number of benzene rings is 1. The zero-order chi connectivity index (χ0) is 19.7. The van der Waals surface area contributed by atoms with Crippen LogP contribution in [-0.4, -0.2) is 58.9 Å². The molecule has 0 radical (unpaired) electrons. The van der Waals surface area contributed by atoms with E-state index in [9.17, 15) is 9.90 Å². The minimum Gasteiger partial charge on any atom is -0.488 e. The summed E-state index contributed by atoms with van der Waals surface area (Å²) in [4.78, 5) is 18.1. The first-order valence-corrected chi connectivity index (χ1v) is 10.3. The first-order valence-electron chi connectivity index (χ1n) is 10.3. The number of aromatic amines is 1. The van der Waals surface area contributed by atoms with Gasteiger partial charge in [0, 0.05) is 30.4 Å². The number of aliphatic hydroxyl groups is 1. The Bertz CT molecular complexity index is 825. The molecule has 1 aromatic carbocycles. The molecule has 0 saturated carbocycles. The van der Waals surface area contributed by atoms with Crippen LogP contribution in [0.1, 0.15) is 50.0 Å². The van der Waals surface area contributed by atoms with Crippen molar-refractivity contribution in [1.82, 2.24) is 9.88 Å². The minimum absolute atomic E-state index is 0.0459. The van der Waals surface area contributed by atoms with Crippen LogP contribution in [0.4, 0.5) is 0 Å². The molecule has 2 saturated heterocycles. The lowest BCUT2D eigenvalue weighted by Gasteiger charge is -2.34. The predicted molar refractivity (Wildman–Crippen MR) is 108 cm³/mol. The molecule has 1 atom stereocenters. The molecule has 0 aliphatic carbocycles. The van der Waals surface area contributed by atoms with E-state index in [-0.39, 0.29) is 12.0 Å². The molecule has 0 unspecified atom stereocenters. The van der Waals surface area contributed by atoms with E-state index in [0.717, 1.165) is 62.0 Å². The highest BCUT2D eigenvalue weighted by Gasteiger charge is 2.28. The van der Waals surface area contributed by atoms with Crippen molar-refractivity contribution in [2.75, 3.05) is 26.3 Å². The van der Waals surface area contributed by atoms with Crippen LogP contribution in [0.5, 0.6) is 5.75 Å². The highest BCUT2D eigenvalue weighted by Crippen LogP contribution is 2.28. The van der Waals surface area contributed by atoms with Crippen LogP contribution in [0.15, 0.2) is 24.3 Å². The Balaban J connectivity index is 1.40. The van der Waals surface area contributed by atoms with Crippen LogP contribution in [0.3, 0.4) is 0 Å². The van der Waals surface area contributed by atoms with Crippen molar-refractivity contribution in [1.29, 1.82) is 0 Å². The van der Waals surface area contributed by atoms with Crippen molar-refractivity contribution in [2.24, 2.45) is 5.92 Å². The van der Waals surface area contributed by atoms with Gasteiger partial charge in [0.2, 0.25) is 0 Å². The molecule has 152 valence electrons. The normalized spacial score (nSPS) is 21.4. The topological polar surface area (TPSA) is 74.8 Å². The highest BCUT2D eigenvalue weighted by molar-refractivity contribution is 5.98. The third-order valence-corrected chi connectivity index (χ3v) is 5.70. The van der Waals surface area contributed by atoms with Gasteiger partial charge < -0.3 is 24.5 Å².